The zero-order valence-electron chi connectivity index (χ0n) is 11.1. The summed E-state index contributed by atoms with van der Waals surface area (Å²) >= 11 is 0. The Bertz CT molecular complexity index is 774. The number of nitrogens with zero attached hydrogens (tertiary/aromatic N) is 4. The van der Waals surface area contributed by atoms with E-state index in [1.54, 1.807) is 4.68 Å². The number of carbonyl (C=O) groups excluding carboxylic acids is 1. The zero-order chi connectivity index (χ0) is 14.1. The van der Waals surface area contributed by atoms with Crippen LogP contribution in [0.5, 0.6) is 0 Å². The number of nitrogens with one attached hydrogen (secondary N) is 1. The number of esters is 1. The zero-order valence-corrected chi connectivity index (χ0v) is 11.1. The Morgan fingerprint density at radius 1 is 1.35 bits per heavy atom. The molecule has 102 valence electrons. The summed E-state index contributed by atoms with van der Waals surface area (Å²) in [6.07, 6.45) is 2.19. The third-order valence-corrected chi connectivity index (χ3v) is 3.15. The molecule has 0 spiro atoms. The highest BCUT2D eigenvalue weighted by atomic mass is 16.5. The van der Waals surface area contributed by atoms with Gasteiger partial charge in [-0.3, -0.25) is 0 Å². The van der Waals surface area contributed by atoms with Crippen molar-refractivity contribution in [3.8, 4) is 5.69 Å². The van der Waals surface area contributed by atoms with Crippen LogP contribution in [0.1, 0.15) is 23.0 Å². The molecule has 20 heavy (non-hydrogen) atoms. The van der Waals surface area contributed by atoms with E-state index in [4.69, 9.17) is 4.74 Å². The molecule has 0 aliphatic carbocycles. The van der Waals surface area contributed by atoms with Crippen molar-refractivity contribution in [3.05, 3.63) is 35.7 Å². The summed E-state index contributed by atoms with van der Waals surface area (Å²) in [4.78, 5) is 11.7. The smallest absolute Gasteiger partial charge is 0.341 e. The van der Waals surface area contributed by atoms with E-state index in [2.05, 4.69) is 20.5 Å². The molecule has 0 radical (unpaired) electrons. The van der Waals surface area contributed by atoms with Gasteiger partial charge in [0.2, 0.25) is 0 Å². The molecule has 1 aromatic carbocycles. The Kier molecular flexibility index (Phi) is 2.94. The monoisotopic (exact) mass is 271 g/mol. The van der Waals surface area contributed by atoms with E-state index in [-0.39, 0.29) is 5.97 Å². The van der Waals surface area contributed by atoms with Crippen molar-refractivity contribution in [2.75, 3.05) is 7.11 Å². The van der Waals surface area contributed by atoms with Crippen LogP contribution in [0.3, 0.4) is 0 Å². The van der Waals surface area contributed by atoms with Crippen molar-refractivity contribution in [2.24, 2.45) is 0 Å². The van der Waals surface area contributed by atoms with Crippen molar-refractivity contribution in [2.45, 2.75) is 13.3 Å². The van der Waals surface area contributed by atoms with Gasteiger partial charge in [0.05, 0.1) is 24.7 Å². The minimum absolute atomic E-state index is 0.379. The van der Waals surface area contributed by atoms with Crippen molar-refractivity contribution in [1.29, 1.82) is 0 Å². The van der Waals surface area contributed by atoms with Crippen LogP contribution in [-0.4, -0.2) is 38.3 Å². The molecular formula is C13H13N5O2. The molecule has 3 aromatic rings. The second-order valence-electron chi connectivity index (χ2n) is 4.26. The lowest BCUT2D eigenvalue weighted by molar-refractivity contribution is 0.0599. The van der Waals surface area contributed by atoms with E-state index in [1.165, 1.54) is 13.3 Å². The molecule has 2 aromatic heterocycles. The molecular weight excluding hydrogens is 258 g/mol. The van der Waals surface area contributed by atoms with Crippen LogP contribution in [0, 0.1) is 0 Å². The van der Waals surface area contributed by atoms with E-state index >= 15 is 0 Å². The summed E-state index contributed by atoms with van der Waals surface area (Å²) in [5.74, 6) is -0.379. The number of fused-ring (bicyclic) bond motifs is 1. The maximum Gasteiger partial charge on any atom is 0.341 e. The molecule has 0 fully saturated rings. The molecule has 0 bridgehead atoms. The second kappa shape index (κ2) is 4.76. The number of aromatic nitrogens is 5. The normalized spacial score (nSPS) is 10.9. The topological polar surface area (TPSA) is 85.7 Å². The highest BCUT2D eigenvalue weighted by Gasteiger charge is 2.17. The molecule has 0 saturated carbocycles. The fraction of sp³-hybridized carbons (Fsp3) is 0.231. The number of carbonyl (C=O) groups is 1. The van der Waals surface area contributed by atoms with Crippen LogP contribution < -0.4 is 0 Å². The molecule has 0 atom stereocenters. The SMILES string of the molecule is CCc1c(C(=O)OC)cnn1-c1ccc2n[nH]nc2c1. The van der Waals surface area contributed by atoms with Crippen LogP contribution in [-0.2, 0) is 11.2 Å². The molecule has 0 saturated heterocycles. The quantitative estimate of drug-likeness (QED) is 0.729. The summed E-state index contributed by atoms with van der Waals surface area (Å²) in [5.41, 5.74) is 3.65. The maximum atomic E-state index is 11.7. The lowest BCUT2D eigenvalue weighted by Gasteiger charge is -2.07. The number of hydrogen-bond donors (Lipinski definition) is 1. The second-order valence-corrected chi connectivity index (χ2v) is 4.26. The van der Waals surface area contributed by atoms with Crippen LogP contribution in [0.15, 0.2) is 24.4 Å². The van der Waals surface area contributed by atoms with E-state index in [0.29, 0.717) is 12.0 Å². The van der Waals surface area contributed by atoms with Gasteiger partial charge in [-0.15, -0.1) is 0 Å². The number of hydrogen-bond acceptors (Lipinski definition) is 5. The number of aromatic amines is 1. The Morgan fingerprint density at radius 2 is 2.15 bits per heavy atom. The van der Waals surface area contributed by atoms with Crippen LogP contribution in [0.2, 0.25) is 0 Å². The van der Waals surface area contributed by atoms with Crippen molar-refractivity contribution in [3.63, 3.8) is 0 Å². The average Bonchev–Trinajstić information content (AvgIpc) is 3.11. The first-order valence-electron chi connectivity index (χ1n) is 6.20. The third kappa shape index (κ3) is 1.83. The molecule has 1 N–H and O–H groups in total. The Labute approximate surface area is 114 Å². The predicted octanol–water partition coefficient (Wildman–Crippen LogP) is 1.49. The van der Waals surface area contributed by atoms with E-state index in [0.717, 1.165) is 22.4 Å². The standard InChI is InChI=1S/C13H13N5O2/c1-3-12-9(13(19)20-2)7-14-18(12)8-4-5-10-11(6-8)16-17-15-10/h4-7H,3H2,1-2H3,(H,15,16,17). The molecule has 0 unspecified atom stereocenters. The fourth-order valence-electron chi connectivity index (χ4n) is 2.18. The summed E-state index contributed by atoms with van der Waals surface area (Å²) in [5, 5.41) is 14.9. The van der Waals surface area contributed by atoms with Gasteiger partial charge in [-0.1, -0.05) is 6.92 Å². The van der Waals surface area contributed by atoms with Crippen molar-refractivity contribution >= 4 is 17.0 Å². The van der Waals surface area contributed by atoms with Crippen LogP contribution in [0.4, 0.5) is 0 Å². The molecule has 0 aliphatic heterocycles. The van der Waals surface area contributed by atoms with Gasteiger partial charge in [0.1, 0.15) is 16.6 Å². The van der Waals surface area contributed by atoms with Gasteiger partial charge in [-0.05, 0) is 24.6 Å². The molecule has 0 amide bonds. The van der Waals surface area contributed by atoms with Crippen molar-refractivity contribution in [1.82, 2.24) is 25.2 Å². The molecule has 7 heteroatoms. The summed E-state index contributed by atoms with van der Waals surface area (Å²) in [6.45, 7) is 1.97. The number of benzene rings is 1. The van der Waals surface area contributed by atoms with Crippen molar-refractivity contribution < 1.29 is 9.53 Å². The van der Waals surface area contributed by atoms with E-state index in [1.807, 2.05) is 25.1 Å². The number of methoxy groups -OCH3 is 1. The molecule has 0 aliphatic rings. The molecule has 2 heterocycles. The Balaban J connectivity index is 2.13. The summed E-state index contributed by atoms with van der Waals surface area (Å²) < 4.78 is 6.49. The van der Waals surface area contributed by atoms with Crippen LogP contribution in [0.25, 0.3) is 16.7 Å². The van der Waals surface area contributed by atoms with E-state index in [9.17, 15) is 4.79 Å². The van der Waals surface area contributed by atoms with Crippen LogP contribution >= 0.6 is 0 Å². The van der Waals surface area contributed by atoms with Gasteiger partial charge in [0.15, 0.2) is 0 Å². The van der Waals surface area contributed by atoms with Gasteiger partial charge in [0.25, 0.3) is 0 Å². The maximum absolute atomic E-state index is 11.7. The highest BCUT2D eigenvalue weighted by Crippen LogP contribution is 2.19. The minimum Gasteiger partial charge on any atom is -0.465 e. The lowest BCUT2D eigenvalue weighted by Crippen LogP contribution is -2.07. The molecule has 3 rings (SSSR count). The number of ether oxygens (including phenoxy) is 1. The largest absolute Gasteiger partial charge is 0.465 e. The highest BCUT2D eigenvalue weighted by molar-refractivity contribution is 5.90. The molecule has 7 nitrogen and oxygen atoms in total. The first-order chi connectivity index (χ1) is 9.74. The Morgan fingerprint density at radius 3 is 2.90 bits per heavy atom. The average molecular weight is 271 g/mol. The lowest BCUT2D eigenvalue weighted by atomic mass is 10.2. The van der Waals surface area contributed by atoms with Gasteiger partial charge < -0.3 is 4.74 Å². The Hall–Kier alpha value is -2.70. The summed E-state index contributed by atoms with van der Waals surface area (Å²) in [7, 11) is 1.36. The fourth-order valence-corrected chi connectivity index (χ4v) is 2.18. The van der Waals surface area contributed by atoms with Gasteiger partial charge >= 0.3 is 5.97 Å². The first kappa shape index (κ1) is 12.3. The number of H-pyrrole nitrogens is 1. The van der Waals surface area contributed by atoms with E-state index < -0.39 is 0 Å². The summed E-state index contributed by atoms with van der Waals surface area (Å²) in [6, 6.07) is 5.61. The third-order valence-electron chi connectivity index (χ3n) is 3.15. The predicted molar refractivity (Wildman–Crippen MR) is 71.7 cm³/mol. The van der Waals surface area contributed by atoms with Gasteiger partial charge in [-0.25, -0.2) is 9.48 Å². The van der Waals surface area contributed by atoms with Gasteiger partial charge in [-0.2, -0.15) is 20.5 Å². The number of rotatable bonds is 3. The van der Waals surface area contributed by atoms with Gasteiger partial charge in [0, 0.05) is 0 Å². The first-order valence-corrected chi connectivity index (χ1v) is 6.20. The minimum atomic E-state index is -0.379.